The molecule has 2 aromatic carbocycles. The predicted octanol–water partition coefficient (Wildman–Crippen LogP) is 4.30. The Bertz CT molecular complexity index is 860. The highest BCUT2D eigenvalue weighted by atomic mass is 35.5. The van der Waals surface area contributed by atoms with E-state index in [1.807, 2.05) is 24.3 Å². The second-order valence-corrected chi connectivity index (χ2v) is 9.49. The zero-order chi connectivity index (χ0) is 21.8. The molecular formula is C25H33ClN4O. The Morgan fingerprint density at radius 1 is 1.00 bits per heavy atom. The maximum atomic E-state index is 12.5. The van der Waals surface area contributed by atoms with Crippen molar-refractivity contribution in [1.82, 2.24) is 9.80 Å². The summed E-state index contributed by atoms with van der Waals surface area (Å²) >= 11 is 6.00. The van der Waals surface area contributed by atoms with Crippen LogP contribution in [0, 0.1) is 0 Å². The van der Waals surface area contributed by atoms with Crippen LogP contribution in [0.25, 0.3) is 0 Å². The highest BCUT2D eigenvalue weighted by Gasteiger charge is 2.24. The lowest BCUT2D eigenvalue weighted by Gasteiger charge is -2.31. The number of anilines is 2. The molecule has 5 nitrogen and oxygen atoms in total. The Morgan fingerprint density at radius 2 is 1.68 bits per heavy atom. The molecule has 1 amide bonds. The van der Waals surface area contributed by atoms with Crippen molar-refractivity contribution < 1.29 is 4.79 Å². The van der Waals surface area contributed by atoms with E-state index in [0.717, 1.165) is 49.7 Å². The average Bonchev–Trinajstić information content (AvgIpc) is 3.26. The molecule has 31 heavy (non-hydrogen) atoms. The van der Waals surface area contributed by atoms with Crippen LogP contribution in [0.1, 0.15) is 30.7 Å². The van der Waals surface area contributed by atoms with Gasteiger partial charge in [0.1, 0.15) is 0 Å². The highest BCUT2D eigenvalue weighted by Crippen LogP contribution is 2.29. The molecule has 2 fully saturated rings. The van der Waals surface area contributed by atoms with Crippen LogP contribution >= 0.6 is 11.6 Å². The van der Waals surface area contributed by atoms with Crippen molar-refractivity contribution in [3.63, 3.8) is 0 Å². The van der Waals surface area contributed by atoms with E-state index in [1.54, 1.807) is 0 Å². The molecule has 0 spiro atoms. The van der Waals surface area contributed by atoms with Gasteiger partial charge in [0.15, 0.2) is 0 Å². The van der Waals surface area contributed by atoms with E-state index in [4.69, 9.17) is 11.6 Å². The number of carbonyl (C=O) groups excluding carboxylic acids is 1. The van der Waals surface area contributed by atoms with Crippen molar-refractivity contribution in [2.45, 2.75) is 31.2 Å². The number of rotatable bonds is 6. The SMILES string of the molecule is CN(C)[C@@H]1CCN(c2ccc(NC(=O)CN3CCC(c4ccc(Cl)cc4)CC3)cc2)C1. The van der Waals surface area contributed by atoms with Crippen molar-refractivity contribution in [2.24, 2.45) is 0 Å². The standard InChI is InChI=1S/C25H33ClN4O/c1-28(2)24-13-16-30(17-24)23-9-7-22(8-10-23)27-25(31)18-29-14-11-20(12-15-29)19-3-5-21(26)6-4-19/h3-10,20,24H,11-18H2,1-2H3,(H,27,31)/t24-/m1/s1. The molecule has 6 heteroatoms. The van der Waals surface area contributed by atoms with Gasteiger partial charge in [-0.15, -0.1) is 0 Å². The number of amides is 1. The van der Waals surface area contributed by atoms with Crippen LogP contribution in [0.15, 0.2) is 48.5 Å². The average molecular weight is 441 g/mol. The summed E-state index contributed by atoms with van der Waals surface area (Å²) in [6.45, 7) is 4.49. The fourth-order valence-corrected chi connectivity index (χ4v) is 4.84. The first kappa shape index (κ1) is 22.1. The summed E-state index contributed by atoms with van der Waals surface area (Å²) in [6.07, 6.45) is 3.35. The number of carbonyl (C=O) groups is 1. The van der Waals surface area contributed by atoms with Crippen LogP contribution in [0.3, 0.4) is 0 Å². The summed E-state index contributed by atoms with van der Waals surface area (Å²) in [7, 11) is 4.29. The van der Waals surface area contributed by atoms with Gasteiger partial charge in [0, 0.05) is 35.5 Å². The van der Waals surface area contributed by atoms with Gasteiger partial charge in [0.05, 0.1) is 6.54 Å². The molecule has 0 saturated carbocycles. The second kappa shape index (κ2) is 10.0. The van der Waals surface area contributed by atoms with E-state index >= 15 is 0 Å². The Hall–Kier alpha value is -2.08. The molecule has 2 saturated heterocycles. The summed E-state index contributed by atoms with van der Waals surface area (Å²) in [5.74, 6) is 0.619. The summed E-state index contributed by atoms with van der Waals surface area (Å²) in [6, 6.07) is 17.1. The zero-order valence-electron chi connectivity index (χ0n) is 18.6. The summed E-state index contributed by atoms with van der Waals surface area (Å²) < 4.78 is 0. The minimum absolute atomic E-state index is 0.0616. The molecule has 2 aromatic rings. The van der Waals surface area contributed by atoms with Crippen LogP contribution in [0.5, 0.6) is 0 Å². The van der Waals surface area contributed by atoms with E-state index in [-0.39, 0.29) is 5.91 Å². The molecule has 1 atom stereocenters. The number of hydrogen-bond donors (Lipinski definition) is 1. The summed E-state index contributed by atoms with van der Waals surface area (Å²) in [4.78, 5) is 19.5. The Labute approximate surface area is 191 Å². The van der Waals surface area contributed by atoms with Crippen LogP contribution in [-0.2, 0) is 4.79 Å². The number of nitrogens with one attached hydrogen (secondary N) is 1. The maximum absolute atomic E-state index is 12.5. The van der Waals surface area contributed by atoms with Gasteiger partial charge in [0.2, 0.25) is 5.91 Å². The van der Waals surface area contributed by atoms with Crippen LogP contribution in [0.4, 0.5) is 11.4 Å². The molecule has 2 heterocycles. The number of likely N-dealkylation sites (tertiary alicyclic amines) is 1. The predicted molar refractivity (Wildman–Crippen MR) is 129 cm³/mol. The van der Waals surface area contributed by atoms with Crippen LogP contribution in [-0.4, -0.2) is 68.6 Å². The largest absolute Gasteiger partial charge is 0.370 e. The highest BCUT2D eigenvalue weighted by molar-refractivity contribution is 6.30. The molecule has 166 valence electrons. The van der Waals surface area contributed by atoms with Crippen LogP contribution in [0.2, 0.25) is 5.02 Å². The maximum Gasteiger partial charge on any atom is 0.238 e. The molecule has 1 N–H and O–H groups in total. The monoisotopic (exact) mass is 440 g/mol. The number of hydrogen-bond acceptors (Lipinski definition) is 4. The van der Waals surface area contributed by atoms with Gasteiger partial charge >= 0.3 is 0 Å². The van der Waals surface area contributed by atoms with E-state index in [9.17, 15) is 4.79 Å². The van der Waals surface area contributed by atoms with Gasteiger partial charge in [0.25, 0.3) is 0 Å². The van der Waals surface area contributed by atoms with Gasteiger partial charge in [-0.1, -0.05) is 23.7 Å². The second-order valence-electron chi connectivity index (χ2n) is 9.05. The molecule has 2 aliphatic rings. The first-order chi connectivity index (χ1) is 15.0. The van der Waals surface area contributed by atoms with E-state index in [1.165, 1.54) is 17.7 Å². The smallest absolute Gasteiger partial charge is 0.238 e. The van der Waals surface area contributed by atoms with E-state index in [2.05, 4.69) is 58.4 Å². The van der Waals surface area contributed by atoms with Gasteiger partial charge in [-0.2, -0.15) is 0 Å². The normalized spacial score (nSPS) is 20.4. The van der Waals surface area contributed by atoms with Crippen molar-refractivity contribution in [2.75, 3.05) is 57.0 Å². The first-order valence-electron chi connectivity index (χ1n) is 11.3. The van der Waals surface area contributed by atoms with Crippen LogP contribution < -0.4 is 10.2 Å². The molecular weight excluding hydrogens is 408 g/mol. The fraction of sp³-hybridized carbons (Fsp3) is 0.480. The third-order valence-corrected chi connectivity index (χ3v) is 6.96. The molecule has 0 aromatic heterocycles. The Morgan fingerprint density at radius 3 is 2.29 bits per heavy atom. The molecule has 0 unspecified atom stereocenters. The van der Waals surface area contributed by atoms with Crippen molar-refractivity contribution in [3.8, 4) is 0 Å². The van der Waals surface area contributed by atoms with Gasteiger partial charge < -0.3 is 15.1 Å². The van der Waals surface area contributed by atoms with E-state index in [0.29, 0.717) is 18.5 Å². The molecule has 0 bridgehead atoms. The fourth-order valence-electron chi connectivity index (χ4n) is 4.72. The van der Waals surface area contributed by atoms with Gasteiger partial charge in [-0.3, -0.25) is 9.69 Å². The van der Waals surface area contributed by atoms with Gasteiger partial charge in [-0.25, -0.2) is 0 Å². The van der Waals surface area contributed by atoms with Gasteiger partial charge in [-0.05, 0) is 94.3 Å². The lowest BCUT2D eigenvalue weighted by atomic mass is 9.89. The molecule has 0 aliphatic carbocycles. The zero-order valence-corrected chi connectivity index (χ0v) is 19.3. The number of nitrogens with zero attached hydrogens (tertiary/aromatic N) is 3. The summed E-state index contributed by atoms with van der Waals surface area (Å²) in [5.41, 5.74) is 3.45. The lowest BCUT2D eigenvalue weighted by Crippen LogP contribution is -2.38. The molecule has 0 radical (unpaired) electrons. The first-order valence-corrected chi connectivity index (χ1v) is 11.6. The van der Waals surface area contributed by atoms with E-state index < -0.39 is 0 Å². The van der Waals surface area contributed by atoms with Crippen molar-refractivity contribution in [1.29, 1.82) is 0 Å². The third kappa shape index (κ3) is 5.79. The van der Waals surface area contributed by atoms with Crippen molar-refractivity contribution in [3.05, 3.63) is 59.1 Å². The quantitative estimate of drug-likeness (QED) is 0.726. The summed E-state index contributed by atoms with van der Waals surface area (Å²) in [5, 5.41) is 3.84. The minimum Gasteiger partial charge on any atom is -0.370 e. The molecule has 4 rings (SSSR count). The molecule has 2 aliphatic heterocycles. The van der Waals surface area contributed by atoms with Crippen molar-refractivity contribution >= 4 is 28.9 Å². The minimum atomic E-state index is 0.0616. The topological polar surface area (TPSA) is 38.8 Å². The third-order valence-electron chi connectivity index (χ3n) is 6.71. The number of benzene rings is 2. The number of halogens is 1. The number of piperidine rings is 1. The number of likely N-dealkylation sites (N-methyl/N-ethyl adjacent to an activating group) is 1. The lowest BCUT2D eigenvalue weighted by molar-refractivity contribution is -0.117. The Kier molecular flexibility index (Phi) is 7.16. The Balaban J connectivity index is 1.23.